The average Bonchev–Trinajstić information content (AvgIpc) is 3.34. The van der Waals surface area contributed by atoms with Crippen molar-refractivity contribution in [3.63, 3.8) is 0 Å². The van der Waals surface area contributed by atoms with Crippen LogP contribution in [-0.4, -0.2) is 67.5 Å². The molecule has 0 amide bonds. The molecule has 0 spiro atoms. The standard InChI is InChI=1S/C21H34N2O2S/c24-16-18-11-17(12-22-7-9-25-10-8-22)13-23(14-18)15-20-5-6-21(26-20)19-3-1-2-4-19/h5-6,17-19,24H,1-4,7-16H2/t17-,18-/m1/s1. The lowest BCUT2D eigenvalue weighted by Crippen LogP contribution is -2.47. The number of rotatable bonds is 6. The second-order valence-corrected chi connectivity index (χ2v) is 9.74. The second kappa shape index (κ2) is 9.16. The van der Waals surface area contributed by atoms with Crippen LogP contribution in [0.25, 0.3) is 0 Å². The number of piperidine rings is 1. The Morgan fingerprint density at radius 3 is 2.58 bits per heavy atom. The monoisotopic (exact) mass is 378 g/mol. The van der Waals surface area contributed by atoms with Crippen LogP contribution in [0.2, 0.25) is 0 Å². The molecule has 3 fully saturated rings. The van der Waals surface area contributed by atoms with E-state index in [1.807, 2.05) is 11.3 Å². The number of morpholine rings is 1. The Bertz CT molecular complexity index is 552. The SMILES string of the molecule is OC[C@@H]1C[C@H](CN2CCOCC2)CN(Cc2ccc(C3CCCC3)s2)C1. The molecule has 0 aromatic carbocycles. The van der Waals surface area contributed by atoms with Crippen LogP contribution in [0, 0.1) is 11.8 Å². The first-order valence-electron chi connectivity index (χ1n) is 10.5. The summed E-state index contributed by atoms with van der Waals surface area (Å²) in [5.41, 5.74) is 0. The largest absolute Gasteiger partial charge is 0.396 e. The van der Waals surface area contributed by atoms with Crippen molar-refractivity contribution in [3.05, 3.63) is 21.9 Å². The smallest absolute Gasteiger partial charge is 0.0594 e. The summed E-state index contributed by atoms with van der Waals surface area (Å²) in [5.74, 6) is 1.94. The summed E-state index contributed by atoms with van der Waals surface area (Å²) >= 11 is 2.04. The molecule has 1 aromatic heterocycles. The van der Waals surface area contributed by atoms with Gasteiger partial charge in [0.05, 0.1) is 13.2 Å². The number of hydrogen-bond donors (Lipinski definition) is 1. The van der Waals surface area contributed by atoms with Crippen molar-refractivity contribution in [3.8, 4) is 0 Å². The van der Waals surface area contributed by atoms with E-state index in [4.69, 9.17) is 4.74 Å². The Labute approximate surface area is 162 Å². The third kappa shape index (κ3) is 4.87. The van der Waals surface area contributed by atoms with Gasteiger partial charge in [-0.3, -0.25) is 9.80 Å². The maximum absolute atomic E-state index is 9.79. The molecule has 2 saturated heterocycles. The molecule has 3 heterocycles. The van der Waals surface area contributed by atoms with Gasteiger partial charge in [0.25, 0.3) is 0 Å². The summed E-state index contributed by atoms with van der Waals surface area (Å²) in [5, 5.41) is 9.79. The van der Waals surface area contributed by atoms with Crippen molar-refractivity contribution in [2.45, 2.75) is 44.6 Å². The van der Waals surface area contributed by atoms with E-state index in [0.717, 1.165) is 51.9 Å². The first-order chi connectivity index (χ1) is 12.8. The van der Waals surface area contributed by atoms with Gasteiger partial charge in [0.1, 0.15) is 0 Å². The fourth-order valence-electron chi connectivity index (χ4n) is 5.10. The molecule has 146 valence electrons. The third-order valence-corrected chi connectivity index (χ3v) is 7.63. The fourth-order valence-corrected chi connectivity index (χ4v) is 6.32. The van der Waals surface area contributed by atoms with Gasteiger partial charge in [-0.15, -0.1) is 11.3 Å². The lowest BCUT2D eigenvalue weighted by molar-refractivity contribution is 0.0119. The van der Waals surface area contributed by atoms with Crippen LogP contribution < -0.4 is 0 Å². The zero-order valence-electron chi connectivity index (χ0n) is 15.9. The molecule has 0 radical (unpaired) electrons. The lowest BCUT2D eigenvalue weighted by atomic mass is 9.89. The van der Waals surface area contributed by atoms with Crippen molar-refractivity contribution in [2.75, 3.05) is 52.5 Å². The zero-order chi connectivity index (χ0) is 17.8. The summed E-state index contributed by atoms with van der Waals surface area (Å²) < 4.78 is 5.49. The summed E-state index contributed by atoms with van der Waals surface area (Å²) in [6.45, 7) is 8.65. The molecular weight excluding hydrogens is 344 g/mol. The lowest BCUT2D eigenvalue weighted by Gasteiger charge is -2.39. The van der Waals surface area contributed by atoms with Crippen molar-refractivity contribution >= 4 is 11.3 Å². The molecule has 0 unspecified atom stereocenters. The predicted molar refractivity (Wildman–Crippen MR) is 107 cm³/mol. The van der Waals surface area contributed by atoms with Crippen molar-refractivity contribution in [1.29, 1.82) is 0 Å². The number of likely N-dealkylation sites (tertiary alicyclic amines) is 1. The highest BCUT2D eigenvalue weighted by Crippen LogP contribution is 2.38. The van der Waals surface area contributed by atoms with Gasteiger partial charge >= 0.3 is 0 Å². The number of ether oxygens (including phenoxy) is 1. The molecule has 26 heavy (non-hydrogen) atoms. The topological polar surface area (TPSA) is 35.9 Å². The van der Waals surface area contributed by atoms with Crippen molar-refractivity contribution in [1.82, 2.24) is 9.80 Å². The van der Waals surface area contributed by atoms with Crippen LogP contribution in [-0.2, 0) is 11.3 Å². The molecule has 0 bridgehead atoms. The number of aliphatic hydroxyl groups is 1. The highest BCUT2D eigenvalue weighted by atomic mass is 32.1. The molecule has 1 saturated carbocycles. The van der Waals surface area contributed by atoms with Crippen LogP contribution >= 0.6 is 11.3 Å². The Morgan fingerprint density at radius 2 is 1.81 bits per heavy atom. The van der Waals surface area contributed by atoms with Gasteiger partial charge in [-0.1, -0.05) is 12.8 Å². The highest BCUT2D eigenvalue weighted by Gasteiger charge is 2.29. The molecule has 2 atom stereocenters. The average molecular weight is 379 g/mol. The van der Waals surface area contributed by atoms with Crippen LogP contribution in [0.15, 0.2) is 12.1 Å². The Hall–Kier alpha value is -0.460. The summed E-state index contributed by atoms with van der Waals surface area (Å²) in [6.07, 6.45) is 6.76. The second-order valence-electron chi connectivity index (χ2n) is 8.54. The van der Waals surface area contributed by atoms with E-state index >= 15 is 0 Å². The quantitative estimate of drug-likeness (QED) is 0.825. The molecule has 4 rings (SSSR count). The molecule has 3 aliphatic rings. The van der Waals surface area contributed by atoms with E-state index in [-0.39, 0.29) is 0 Å². The molecule has 1 N–H and O–H groups in total. The Kier molecular flexibility index (Phi) is 6.65. The molecule has 1 aromatic rings. The van der Waals surface area contributed by atoms with Crippen LogP contribution in [0.4, 0.5) is 0 Å². The predicted octanol–water partition coefficient (Wildman–Crippen LogP) is 3.17. The molecular formula is C21H34N2O2S. The van der Waals surface area contributed by atoms with E-state index in [2.05, 4.69) is 21.9 Å². The van der Waals surface area contributed by atoms with Gasteiger partial charge in [-0.25, -0.2) is 0 Å². The Morgan fingerprint density at radius 1 is 1.04 bits per heavy atom. The third-order valence-electron chi connectivity index (χ3n) is 6.40. The normalized spacial score (nSPS) is 29.4. The molecule has 1 aliphatic carbocycles. The summed E-state index contributed by atoms with van der Waals surface area (Å²) in [4.78, 5) is 8.27. The first-order valence-corrected chi connectivity index (χ1v) is 11.3. The van der Waals surface area contributed by atoms with Crippen molar-refractivity contribution in [2.24, 2.45) is 11.8 Å². The Balaban J connectivity index is 1.34. The van der Waals surface area contributed by atoms with Gasteiger partial charge in [-0.05, 0) is 49.1 Å². The van der Waals surface area contributed by atoms with E-state index in [1.54, 1.807) is 4.88 Å². The van der Waals surface area contributed by atoms with Gasteiger partial charge in [0, 0.05) is 55.6 Å². The molecule has 2 aliphatic heterocycles. The molecule has 5 heteroatoms. The zero-order valence-corrected chi connectivity index (χ0v) is 16.8. The van der Waals surface area contributed by atoms with Crippen LogP contribution in [0.5, 0.6) is 0 Å². The number of nitrogens with zero attached hydrogens (tertiary/aromatic N) is 2. The highest BCUT2D eigenvalue weighted by molar-refractivity contribution is 7.12. The maximum Gasteiger partial charge on any atom is 0.0594 e. The van der Waals surface area contributed by atoms with Gasteiger partial charge < -0.3 is 9.84 Å². The minimum atomic E-state index is 0.327. The van der Waals surface area contributed by atoms with Gasteiger partial charge in [0.15, 0.2) is 0 Å². The number of thiophene rings is 1. The number of aliphatic hydroxyl groups excluding tert-OH is 1. The fraction of sp³-hybridized carbons (Fsp3) is 0.810. The minimum Gasteiger partial charge on any atom is -0.396 e. The van der Waals surface area contributed by atoms with Crippen molar-refractivity contribution < 1.29 is 9.84 Å². The number of hydrogen-bond acceptors (Lipinski definition) is 5. The van der Waals surface area contributed by atoms with E-state index in [0.29, 0.717) is 18.4 Å². The van der Waals surface area contributed by atoms with Crippen LogP contribution in [0.1, 0.15) is 47.8 Å². The first kappa shape index (κ1) is 18.9. The van der Waals surface area contributed by atoms with E-state index < -0.39 is 0 Å². The van der Waals surface area contributed by atoms with E-state index in [1.165, 1.54) is 43.5 Å². The van der Waals surface area contributed by atoms with Gasteiger partial charge in [-0.2, -0.15) is 0 Å². The van der Waals surface area contributed by atoms with Crippen LogP contribution in [0.3, 0.4) is 0 Å². The minimum absolute atomic E-state index is 0.327. The maximum atomic E-state index is 9.79. The summed E-state index contributed by atoms with van der Waals surface area (Å²) in [6, 6.07) is 4.74. The van der Waals surface area contributed by atoms with Gasteiger partial charge in [0.2, 0.25) is 0 Å². The van der Waals surface area contributed by atoms with E-state index in [9.17, 15) is 5.11 Å². The summed E-state index contributed by atoms with van der Waals surface area (Å²) in [7, 11) is 0. The molecule has 4 nitrogen and oxygen atoms in total.